The standard InChI is InChI=1S/C9H12ClN3S/c10-8-12-9(14-13-8)11-7(5-1-2-5)6-3-4-6/h5-7H,1-4H2,(H,11,12,13). The normalized spacial score (nSPS) is 21.6. The Balaban J connectivity index is 1.68. The quantitative estimate of drug-likeness (QED) is 0.863. The second-order valence-corrected chi connectivity index (χ2v) is 5.30. The van der Waals surface area contributed by atoms with E-state index in [0.717, 1.165) is 17.0 Å². The van der Waals surface area contributed by atoms with Gasteiger partial charge >= 0.3 is 0 Å². The molecule has 3 rings (SSSR count). The SMILES string of the molecule is Clc1nsc(NC(C2CC2)C2CC2)n1. The molecule has 1 heterocycles. The summed E-state index contributed by atoms with van der Waals surface area (Å²) in [5.41, 5.74) is 0. The fraction of sp³-hybridized carbons (Fsp3) is 0.778. The number of nitrogens with zero attached hydrogens (tertiary/aromatic N) is 2. The van der Waals surface area contributed by atoms with Gasteiger partial charge in [-0.1, -0.05) is 0 Å². The molecule has 3 nitrogen and oxygen atoms in total. The van der Waals surface area contributed by atoms with Crippen LogP contribution < -0.4 is 5.32 Å². The molecule has 2 saturated carbocycles. The Morgan fingerprint density at radius 1 is 1.29 bits per heavy atom. The third-order valence-corrected chi connectivity index (χ3v) is 3.87. The first kappa shape index (κ1) is 8.92. The van der Waals surface area contributed by atoms with Crippen molar-refractivity contribution in [2.75, 3.05) is 5.32 Å². The highest BCUT2D eigenvalue weighted by Crippen LogP contribution is 2.45. The van der Waals surface area contributed by atoms with Crippen molar-refractivity contribution in [3.63, 3.8) is 0 Å². The number of nitrogens with one attached hydrogen (secondary N) is 1. The molecule has 14 heavy (non-hydrogen) atoms. The van der Waals surface area contributed by atoms with Crippen LogP contribution in [0.3, 0.4) is 0 Å². The molecule has 0 atom stereocenters. The summed E-state index contributed by atoms with van der Waals surface area (Å²) in [6.07, 6.45) is 5.50. The maximum absolute atomic E-state index is 5.68. The van der Waals surface area contributed by atoms with Crippen LogP contribution in [0.2, 0.25) is 5.28 Å². The first-order valence-electron chi connectivity index (χ1n) is 5.08. The summed E-state index contributed by atoms with van der Waals surface area (Å²) in [5, 5.41) is 4.74. The molecular formula is C9H12ClN3S. The number of hydrogen-bond acceptors (Lipinski definition) is 4. The molecule has 0 aliphatic heterocycles. The fourth-order valence-corrected chi connectivity index (χ4v) is 2.69. The van der Waals surface area contributed by atoms with Gasteiger partial charge in [0, 0.05) is 17.6 Å². The van der Waals surface area contributed by atoms with E-state index < -0.39 is 0 Å². The number of aromatic nitrogens is 2. The van der Waals surface area contributed by atoms with Gasteiger partial charge in [-0.15, -0.1) is 0 Å². The van der Waals surface area contributed by atoms with Gasteiger partial charge in [0.15, 0.2) is 0 Å². The van der Waals surface area contributed by atoms with Gasteiger partial charge in [0.25, 0.3) is 0 Å². The van der Waals surface area contributed by atoms with Crippen molar-refractivity contribution in [3.8, 4) is 0 Å². The summed E-state index contributed by atoms with van der Waals surface area (Å²) in [6.45, 7) is 0. The lowest BCUT2D eigenvalue weighted by molar-refractivity contribution is 0.567. The largest absolute Gasteiger partial charge is 0.357 e. The van der Waals surface area contributed by atoms with E-state index in [0.29, 0.717) is 11.3 Å². The van der Waals surface area contributed by atoms with E-state index in [1.54, 1.807) is 0 Å². The van der Waals surface area contributed by atoms with Crippen molar-refractivity contribution in [2.24, 2.45) is 11.8 Å². The lowest BCUT2D eigenvalue weighted by atomic mass is 10.1. The summed E-state index contributed by atoms with van der Waals surface area (Å²) in [6, 6.07) is 0.638. The minimum atomic E-state index is 0.364. The third-order valence-electron chi connectivity index (χ3n) is 2.95. The maximum atomic E-state index is 5.68. The lowest BCUT2D eigenvalue weighted by Gasteiger charge is -2.15. The zero-order valence-electron chi connectivity index (χ0n) is 7.74. The van der Waals surface area contributed by atoms with E-state index in [1.165, 1.54) is 37.2 Å². The molecule has 0 amide bonds. The predicted molar refractivity (Wildman–Crippen MR) is 57.8 cm³/mol. The lowest BCUT2D eigenvalue weighted by Crippen LogP contribution is -2.23. The van der Waals surface area contributed by atoms with Crippen LogP contribution in [-0.4, -0.2) is 15.4 Å². The Hall–Kier alpha value is -0.350. The molecule has 2 aliphatic carbocycles. The van der Waals surface area contributed by atoms with Crippen LogP contribution in [-0.2, 0) is 0 Å². The van der Waals surface area contributed by atoms with Crippen molar-refractivity contribution in [1.82, 2.24) is 9.36 Å². The zero-order chi connectivity index (χ0) is 9.54. The zero-order valence-corrected chi connectivity index (χ0v) is 9.31. The summed E-state index contributed by atoms with van der Waals surface area (Å²) >= 11 is 7.05. The van der Waals surface area contributed by atoms with Gasteiger partial charge in [0.2, 0.25) is 10.4 Å². The molecule has 0 radical (unpaired) electrons. The van der Waals surface area contributed by atoms with Gasteiger partial charge in [0.1, 0.15) is 0 Å². The molecule has 1 aromatic rings. The Morgan fingerprint density at radius 3 is 2.36 bits per heavy atom. The van der Waals surface area contributed by atoms with Gasteiger partial charge in [-0.3, -0.25) is 0 Å². The summed E-state index contributed by atoms with van der Waals surface area (Å²) in [4.78, 5) is 4.13. The van der Waals surface area contributed by atoms with E-state index >= 15 is 0 Å². The predicted octanol–water partition coefficient (Wildman–Crippen LogP) is 2.79. The second kappa shape index (κ2) is 3.35. The molecule has 0 saturated heterocycles. The van der Waals surface area contributed by atoms with Crippen molar-refractivity contribution in [2.45, 2.75) is 31.7 Å². The topological polar surface area (TPSA) is 37.8 Å². The summed E-state index contributed by atoms with van der Waals surface area (Å²) < 4.78 is 3.96. The Labute approximate surface area is 92.0 Å². The van der Waals surface area contributed by atoms with Crippen LogP contribution in [0, 0.1) is 11.8 Å². The molecule has 2 aliphatic rings. The first-order valence-corrected chi connectivity index (χ1v) is 6.24. The van der Waals surface area contributed by atoms with E-state index in [4.69, 9.17) is 11.6 Å². The minimum Gasteiger partial charge on any atom is -0.357 e. The Morgan fingerprint density at radius 2 is 1.93 bits per heavy atom. The van der Waals surface area contributed by atoms with Crippen LogP contribution in [0.5, 0.6) is 0 Å². The summed E-state index contributed by atoms with van der Waals surface area (Å²) in [5.74, 6) is 1.76. The average Bonchev–Trinajstić information content (AvgIpc) is 3.04. The van der Waals surface area contributed by atoms with E-state index in [2.05, 4.69) is 14.7 Å². The van der Waals surface area contributed by atoms with Crippen molar-refractivity contribution in [3.05, 3.63) is 5.28 Å². The smallest absolute Gasteiger partial charge is 0.236 e. The van der Waals surface area contributed by atoms with E-state index in [1.807, 2.05) is 0 Å². The van der Waals surface area contributed by atoms with Crippen LogP contribution in [0.15, 0.2) is 0 Å². The molecule has 5 heteroatoms. The minimum absolute atomic E-state index is 0.364. The molecule has 0 unspecified atom stereocenters. The van der Waals surface area contributed by atoms with Crippen LogP contribution in [0.1, 0.15) is 25.7 Å². The van der Waals surface area contributed by atoms with E-state index in [9.17, 15) is 0 Å². The van der Waals surface area contributed by atoms with Crippen LogP contribution in [0.4, 0.5) is 5.13 Å². The highest BCUT2D eigenvalue weighted by atomic mass is 35.5. The monoisotopic (exact) mass is 229 g/mol. The molecular weight excluding hydrogens is 218 g/mol. The number of anilines is 1. The van der Waals surface area contributed by atoms with E-state index in [-0.39, 0.29) is 0 Å². The second-order valence-electron chi connectivity index (χ2n) is 4.21. The number of rotatable bonds is 4. The molecule has 1 N–H and O–H groups in total. The molecule has 0 spiro atoms. The van der Waals surface area contributed by atoms with Gasteiger partial charge in [-0.05, 0) is 49.1 Å². The summed E-state index contributed by atoms with van der Waals surface area (Å²) in [7, 11) is 0. The Kier molecular flexibility index (Phi) is 2.13. The highest BCUT2D eigenvalue weighted by Gasteiger charge is 2.41. The average molecular weight is 230 g/mol. The molecule has 0 aromatic carbocycles. The van der Waals surface area contributed by atoms with Gasteiger partial charge in [-0.25, -0.2) is 0 Å². The fourth-order valence-electron chi connectivity index (χ4n) is 1.94. The van der Waals surface area contributed by atoms with Crippen LogP contribution >= 0.6 is 23.1 Å². The van der Waals surface area contributed by atoms with Gasteiger partial charge in [-0.2, -0.15) is 9.36 Å². The molecule has 1 aromatic heterocycles. The van der Waals surface area contributed by atoms with Gasteiger partial charge in [0.05, 0.1) is 0 Å². The maximum Gasteiger partial charge on any atom is 0.236 e. The third kappa shape index (κ3) is 1.86. The van der Waals surface area contributed by atoms with Crippen molar-refractivity contribution < 1.29 is 0 Å². The first-order chi connectivity index (χ1) is 6.83. The Bertz CT molecular complexity index is 321. The highest BCUT2D eigenvalue weighted by molar-refractivity contribution is 7.09. The number of halogens is 1. The van der Waals surface area contributed by atoms with Crippen LogP contribution in [0.25, 0.3) is 0 Å². The van der Waals surface area contributed by atoms with Crippen molar-refractivity contribution in [1.29, 1.82) is 0 Å². The van der Waals surface area contributed by atoms with Crippen molar-refractivity contribution >= 4 is 28.3 Å². The number of hydrogen-bond donors (Lipinski definition) is 1. The molecule has 0 bridgehead atoms. The molecule has 2 fully saturated rings. The van der Waals surface area contributed by atoms with Gasteiger partial charge < -0.3 is 5.32 Å². The molecule has 76 valence electrons.